The van der Waals surface area contributed by atoms with Crippen molar-refractivity contribution in [2.75, 3.05) is 13.0 Å². The molecule has 0 saturated heterocycles. The van der Waals surface area contributed by atoms with E-state index in [1.807, 2.05) is 0 Å². The number of carbonyl (C=O) groups excluding carboxylic acids is 1. The molecule has 0 aliphatic heterocycles. The van der Waals surface area contributed by atoms with E-state index in [0.29, 0.717) is 0 Å². The van der Waals surface area contributed by atoms with E-state index in [0.717, 1.165) is 0 Å². The SMILES string of the molecule is COC(=O)c1ccccc1S(=O)(=O)CN. The fourth-order valence-corrected chi connectivity index (χ4v) is 2.06. The van der Waals surface area contributed by atoms with E-state index in [1.54, 1.807) is 6.07 Å². The minimum Gasteiger partial charge on any atom is -0.465 e. The third-order valence-electron chi connectivity index (χ3n) is 1.85. The van der Waals surface area contributed by atoms with Gasteiger partial charge in [-0.2, -0.15) is 0 Å². The van der Waals surface area contributed by atoms with E-state index < -0.39 is 21.7 Å². The van der Waals surface area contributed by atoms with Crippen molar-refractivity contribution in [3.63, 3.8) is 0 Å². The third kappa shape index (κ3) is 2.34. The molecule has 1 aromatic rings. The summed E-state index contributed by atoms with van der Waals surface area (Å²) in [6.45, 7) is 0. The van der Waals surface area contributed by atoms with Crippen LogP contribution in [0.4, 0.5) is 0 Å². The summed E-state index contributed by atoms with van der Waals surface area (Å²) in [4.78, 5) is 11.2. The number of hydrogen-bond acceptors (Lipinski definition) is 5. The molecule has 82 valence electrons. The second-order valence-corrected chi connectivity index (χ2v) is 4.77. The average molecular weight is 229 g/mol. The summed E-state index contributed by atoms with van der Waals surface area (Å²) in [5.41, 5.74) is 5.11. The zero-order chi connectivity index (χ0) is 11.5. The fraction of sp³-hybridized carbons (Fsp3) is 0.222. The second kappa shape index (κ2) is 4.41. The highest BCUT2D eigenvalue weighted by molar-refractivity contribution is 7.91. The molecule has 0 heterocycles. The van der Waals surface area contributed by atoms with Crippen molar-refractivity contribution in [3.8, 4) is 0 Å². The number of carbonyl (C=O) groups is 1. The highest BCUT2D eigenvalue weighted by Gasteiger charge is 2.20. The van der Waals surface area contributed by atoms with Crippen LogP contribution in [0.2, 0.25) is 0 Å². The lowest BCUT2D eigenvalue weighted by Crippen LogP contribution is -2.18. The van der Waals surface area contributed by atoms with Crippen LogP contribution >= 0.6 is 0 Å². The first-order valence-corrected chi connectivity index (χ1v) is 5.78. The van der Waals surface area contributed by atoms with Gasteiger partial charge >= 0.3 is 5.97 Å². The topological polar surface area (TPSA) is 86.5 Å². The van der Waals surface area contributed by atoms with Gasteiger partial charge < -0.3 is 10.5 Å². The molecule has 5 nitrogen and oxygen atoms in total. The van der Waals surface area contributed by atoms with Crippen molar-refractivity contribution in [2.24, 2.45) is 5.73 Å². The van der Waals surface area contributed by atoms with Crippen molar-refractivity contribution >= 4 is 15.8 Å². The van der Waals surface area contributed by atoms with Crippen molar-refractivity contribution in [3.05, 3.63) is 29.8 Å². The standard InChI is InChI=1S/C9H11NO4S/c1-14-9(11)7-4-2-3-5-8(7)15(12,13)6-10/h2-5H,6,10H2,1H3. The molecule has 0 aliphatic rings. The quantitative estimate of drug-likeness (QED) is 0.746. The van der Waals surface area contributed by atoms with Gasteiger partial charge in [0.2, 0.25) is 0 Å². The molecule has 15 heavy (non-hydrogen) atoms. The summed E-state index contributed by atoms with van der Waals surface area (Å²) in [5.74, 6) is -1.23. The van der Waals surface area contributed by atoms with E-state index in [4.69, 9.17) is 5.73 Å². The first kappa shape index (κ1) is 11.7. The first-order chi connectivity index (χ1) is 7.03. The lowest BCUT2D eigenvalue weighted by molar-refractivity contribution is 0.0596. The maximum Gasteiger partial charge on any atom is 0.339 e. The molecule has 1 aromatic carbocycles. The van der Waals surface area contributed by atoms with Gasteiger partial charge in [0, 0.05) is 0 Å². The van der Waals surface area contributed by atoms with E-state index in [1.165, 1.54) is 25.3 Å². The predicted molar refractivity (Wildman–Crippen MR) is 54.0 cm³/mol. The molecule has 0 spiro atoms. The Labute approximate surface area is 87.8 Å². The summed E-state index contributed by atoms with van der Waals surface area (Å²) < 4.78 is 27.5. The Balaban J connectivity index is 3.37. The van der Waals surface area contributed by atoms with Crippen molar-refractivity contribution in [1.29, 1.82) is 0 Å². The molecule has 0 aliphatic carbocycles. The molecule has 2 N–H and O–H groups in total. The normalized spacial score (nSPS) is 11.1. The van der Waals surface area contributed by atoms with Crippen molar-refractivity contribution < 1.29 is 17.9 Å². The van der Waals surface area contributed by atoms with Gasteiger partial charge in [0.15, 0.2) is 9.84 Å². The Morgan fingerprint density at radius 3 is 2.53 bits per heavy atom. The summed E-state index contributed by atoms with van der Waals surface area (Å²) >= 11 is 0. The number of nitrogens with two attached hydrogens (primary N) is 1. The number of rotatable bonds is 3. The van der Waals surface area contributed by atoms with Gasteiger partial charge in [0.05, 0.1) is 17.6 Å². The number of esters is 1. The molecule has 0 radical (unpaired) electrons. The lowest BCUT2D eigenvalue weighted by atomic mass is 10.2. The largest absolute Gasteiger partial charge is 0.465 e. The van der Waals surface area contributed by atoms with Crippen LogP contribution in [0.3, 0.4) is 0 Å². The Hall–Kier alpha value is -1.40. The number of ether oxygens (including phenoxy) is 1. The summed E-state index contributed by atoms with van der Waals surface area (Å²) in [7, 11) is -2.42. The van der Waals surface area contributed by atoms with Crippen LogP contribution in [0, 0.1) is 0 Å². The van der Waals surface area contributed by atoms with Crippen LogP contribution in [0.5, 0.6) is 0 Å². The van der Waals surface area contributed by atoms with E-state index >= 15 is 0 Å². The predicted octanol–water partition coefficient (Wildman–Crippen LogP) is 0.163. The second-order valence-electron chi connectivity index (χ2n) is 2.77. The average Bonchev–Trinajstić information content (AvgIpc) is 2.28. The van der Waals surface area contributed by atoms with Crippen LogP contribution < -0.4 is 5.73 Å². The minimum atomic E-state index is -3.61. The highest BCUT2D eigenvalue weighted by Crippen LogP contribution is 2.16. The molecule has 0 fully saturated rings. The van der Waals surface area contributed by atoms with Gasteiger partial charge in [0.1, 0.15) is 5.88 Å². The molecule has 0 amide bonds. The molecular weight excluding hydrogens is 218 g/mol. The molecule has 0 bridgehead atoms. The minimum absolute atomic E-state index is 0.00505. The number of hydrogen-bond donors (Lipinski definition) is 1. The van der Waals surface area contributed by atoms with Gasteiger partial charge in [-0.25, -0.2) is 13.2 Å². The molecule has 6 heteroatoms. The van der Waals surface area contributed by atoms with Gasteiger partial charge in [-0.3, -0.25) is 0 Å². The third-order valence-corrected chi connectivity index (χ3v) is 3.31. The maximum atomic E-state index is 11.5. The molecule has 1 rings (SSSR count). The zero-order valence-corrected chi connectivity index (χ0v) is 8.95. The Bertz CT molecular complexity index is 467. The van der Waals surface area contributed by atoms with Gasteiger partial charge in [-0.05, 0) is 12.1 Å². The van der Waals surface area contributed by atoms with Crippen molar-refractivity contribution in [2.45, 2.75) is 4.90 Å². The smallest absolute Gasteiger partial charge is 0.339 e. The highest BCUT2D eigenvalue weighted by atomic mass is 32.2. The maximum absolute atomic E-state index is 11.5. The summed E-state index contributed by atoms with van der Waals surface area (Å²) in [5, 5.41) is 0. The van der Waals surface area contributed by atoms with Crippen LogP contribution in [-0.4, -0.2) is 27.4 Å². The molecule has 0 unspecified atom stereocenters. The lowest BCUT2D eigenvalue weighted by Gasteiger charge is -2.06. The zero-order valence-electron chi connectivity index (χ0n) is 8.14. The Morgan fingerprint density at radius 2 is 2.00 bits per heavy atom. The van der Waals surface area contributed by atoms with Crippen LogP contribution in [0.15, 0.2) is 29.2 Å². The van der Waals surface area contributed by atoms with Gasteiger partial charge in [0.25, 0.3) is 0 Å². The Kier molecular flexibility index (Phi) is 3.43. The number of sulfone groups is 1. The van der Waals surface area contributed by atoms with E-state index in [9.17, 15) is 13.2 Å². The molecule has 0 aromatic heterocycles. The van der Waals surface area contributed by atoms with E-state index in [-0.39, 0.29) is 10.5 Å². The summed E-state index contributed by atoms with van der Waals surface area (Å²) in [6.07, 6.45) is 0. The molecule has 0 atom stereocenters. The monoisotopic (exact) mass is 229 g/mol. The van der Waals surface area contributed by atoms with Crippen LogP contribution in [0.25, 0.3) is 0 Å². The number of methoxy groups -OCH3 is 1. The van der Waals surface area contributed by atoms with Crippen LogP contribution in [0.1, 0.15) is 10.4 Å². The first-order valence-electron chi connectivity index (χ1n) is 4.13. The van der Waals surface area contributed by atoms with Crippen molar-refractivity contribution in [1.82, 2.24) is 0 Å². The molecular formula is C9H11NO4S. The van der Waals surface area contributed by atoms with E-state index in [2.05, 4.69) is 4.74 Å². The molecule has 0 saturated carbocycles. The van der Waals surface area contributed by atoms with Gasteiger partial charge in [-0.15, -0.1) is 0 Å². The summed E-state index contributed by atoms with van der Waals surface area (Å²) in [6, 6.07) is 5.79. The van der Waals surface area contributed by atoms with Gasteiger partial charge in [-0.1, -0.05) is 12.1 Å². The number of benzene rings is 1. The Morgan fingerprint density at radius 1 is 1.40 bits per heavy atom. The van der Waals surface area contributed by atoms with Crippen LogP contribution in [-0.2, 0) is 14.6 Å². The fourth-order valence-electron chi connectivity index (χ4n) is 1.11.